The minimum absolute atomic E-state index is 0.0854. The number of carbonyl (C=O) groups excluding carboxylic acids is 3. The lowest BCUT2D eigenvalue weighted by Crippen LogP contribution is -2.51. The molecule has 0 aliphatic carbocycles. The van der Waals surface area contributed by atoms with Crippen LogP contribution in [0.4, 0.5) is 10.5 Å². The van der Waals surface area contributed by atoms with Gasteiger partial charge in [-0.25, -0.2) is 9.59 Å². The van der Waals surface area contributed by atoms with E-state index in [0.29, 0.717) is 5.69 Å². The molecule has 25 heavy (non-hydrogen) atoms. The molecule has 0 saturated carbocycles. The van der Waals surface area contributed by atoms with Crippen LogP contribution in [-0.4, -0.2) is 36.2 Å². The summed E-state index contributed by atoms with van der Waals surface area (Å²) in [5, 5.41) is 4.91. The lowest BCUT2D eigenvalue weighted by Gasteiger charge is -2.22. The van der Waals surface area contributed by atoms with E-state index in [9.17, 15) is 14.4 Å². The molecule has 7 nitrogen and oxygen atoms in total. The summed E-state index contributed by atoms with van der Waals surface area (Å²) < 4.78 is 9.98. The standard InChI is InChI=1S/C18H26N2O5/c1-7-24-16(22)14(20-17(23)25-18(4,5)6)15(21)19-13-10-11(2)8-9-12(13)3/h8-10,14H,7H2,1-6H3,(H,19,21)(H,20,23). The van der Waals surface area contributed by atoms with Gasteiger partial charge in [0, 0.05) is 5.69 Å². The summed E-state index contributed by atoms with van der Waals surface area (Å²) in [7, 11) is 0. The molecule has 7 heteroatoms. The van der Waals surface area contributed by atoms with Gasteiger partial charge in [-0.3, -0.25) is 10.1 Å². The first-order chi connectivity index (χ1) is 11.5. The number of carbonyl (C=O) groups is 3. The van der Waals surface area contributed by atoms with Gasteiger partial charge in [-0.15, -0.1) is 0 Å². The number of rotatable bonds is 5. The van der Waals surface area contributed by atoms with Gasteiger partial charge in [-0.05, 0) is 58.7 Å². The quantitative estimate of drug-likeness (QED) is 0.629. The number of hydrogen-bond acceptors (Lipinski definition) is 5. The van der Waals surface area contributed by atoms with Gasteiger partial charge >= 0.3 is 12.1 Å². The molecule has 2 N–H and O–H groups in total. The number of benzene rings is 1. The van der Waals surface area contributed by atoms with E-state index < -0.39 is 29.6 Å². The van der Waals surface area contributed by atoms with Gasteiger partial charge < -0.3 is 14.8 Å². The van der Waals surface area contributed by atoms with Crippen molar-refractivity contribution < 1.29 is 23.9 Å². The Kier molecular flexibility index (Phi) is 6.97. The zero-order valence-corrected chi connectivity index (χ0v) is 15.6. The zero-order chi connectivity index (χ0) is 19.2. The summed E-state index contributed by atoms with van der Waals surface area (Å²) in [6, 6.07) is 4.04. The predicted octanol–water partition coefficient (Wildman–Crippen LogP) is 2.70. The fraction of sp³-hybridized carbons (Fsp3) is 0.500. The summed E-state index contributed by atoms with van der Waals surface area (Å²) in [4.78, 5) is 36.5. The van der Waals surface area contributed by atoms with E-state index in [0.717, 1.165) is 11.1 Å². The number of amides is 2. The van der Waals surface area contributed by atoms with E-state index in [-0.39, 0.29) is 6.61 Å². The molecule has 0 aliphatic rings. The number of aryl methyl sites for hydroxylation is 2. The molecule has 138 valence electrons. The second kappa shape index (κ2) is 8.50. The van der Waals surface area contributed by atoms with Crippen molar-refractivity contribution in [1.82, 2.24) is 5.32 Å². The normalized spacial score (nSPS) is 12.1. The first kappa shape index (κ1) is 20.5. The number of anilines is 1. The van der Waals surface area contributed by atoms with Crippen molar-refractivity contribution in [3.8, 4) is 0 Å². The average molecular weight is 350 g/mol. The third-order valence-corrected chi connectivity index (χ3v) is 3.10. The van der Waals surface area contributed by atoms with E-state index in [2.05, 4.69) is 10.6 Å². The van der Waals surface area contributed by atoms with Crippen LogP contribution in [0.5, 0.6) is 0 Å². The third kappa shape index (κ3) is 6.82. The summed E-state index contributed by atoms with van der Waals surface area (Å²) in [5.41, 5.74) is 1.59. The van der Waals surface area contributed by atoms with Gasteiger partial charge in [0.1, 0.15) is 5.60 Å². The number of alkyl carbamates (subject to hydrolysis) is 1. The zero-order valence-electron chi connectivity index (χ0n) is 15.6. The van der Waals surface area contributed by atoms with E-state index in [1.54, 1.807) is 33.8 Å². The maximum atomic E-state index is 12.5. The van der Waals surface area contributed by atoms with Crippen LogP contribution in [0.2, 0.25) is 0 Å². The SMILES string of the molecule is CCOC(=O)C(NC(=O)OC(C)(C)C)C(=O)Nc1cc(C)ccc1C. The Bertz CT molecular complexity index is 649. The molecule has 1 atom stereocenters. The van der Waals surface area contributed by atoms with Crippen molar-refractivity contribution in [2.24, 2.45) is 0 Å². The van der Waals surface area contributed by atoms with Gasteiger partial charge in [0.25, 0.3) is 5.91 Å². The summed E-state index contributed by atoms with van der Waals surface area (Å²) >= 11 is 0. The van der Waals surface area contributed by atoms with Crippen LogP contribution >= 0.6 is 0 Å². The largest absolute Gasteiger partial charge is 0.464 e. The van der Waals surface area contributed by atoms with Crippen LogP contribution in [-0.2, 0) is 19.1 Å². The van der Waals surface area contributed by atoms with Crippen LogP contribution in [0.1, 0.15) is 38.8 Å². The molecule has 2 amide bonds. The Morgan fingerprint density at radius 1 is 1.16 bits per heavy atom. The molecule has 0 aliphatic heterocycles. The van der Waals surface area contributed by atoms with E-state index in [1.165, 1.54) is 0 Å². The van der Waals surface area contributed by atoms with Crippen LogP contribution in [0.3, 0.4) is 0 Å². The number of nitrogens with one attached hydrogen (secondary N) is 2. The molecule has 0 aromatic heterocycles. The second-order valence-electron chi connectivity index (χ2n) is 6.64. The highest BCUT2D eigenvalue weighted by Gasteiger charge is 2.32. The number of hydrogen-bond donors (Lipinski definition) is 2. The van der Waals surface area contributed by atoms with E-state index in [1.807, 2.05) is 26.0 Å². The topological polar surface area (TPSA) is 93.7 Å². The van der Waals surface area contributed by atoms with E-state index in [4.69, 9.17) is 9.47 Å². The molecule has 0 radical (unpaired) electrons. The highest BCUT2D eigenvalue weighted by atomic mass is 16.6. The third-order valence-electron chi connectivity index (χ3n) is 3.10. The van der Waals surface area contributed by atoms with Crippen molar-refractivity contribution >= 4 is 23.7 Å². The molecule has 1 aromatic carbocycles. The lowest BCUT2D eigenvalue weighted by molar-refractivity contribution is -0.148. The summed E-state index contributed by atoms with van der Waals surface area (Å²) in [5.74, 6) is -1.55. The van der Waals surface area contributed by atoms with E-state index >= 15 is 0 Å². The highest BCUT2D eigenvalue weighted by molar-refractivity contribution is 6.10. The second-order valence-corrected chi connectivity index (χ2v) is 6.64. The molecule has 1 unspecified atom stereocenters. The monoisotopic (exact) mass is 350 g/mol. The maximum absolute atomic E-state index is 12.5. The van der Waals surface area contributed by atoms with Crippen LogP contribution in [0.25, 0.3) is 0 Å². The number of ether oxygens (including phenoxy) is 2. The smallest absolute Gasteiger partial charge is 0.408 e. The molecule has 0 bridgehead atoms. The summed E-state index contributed by atoms with van der Waals surface area (Å²) in [6.45, 7) is 10.5. The van der Waals surface area contributed by atoms with Gasteiger partial charge in [0.05, 0.1) is 6.61 Å². The molecular formula is C18H26N2O5. The predicted molar refractivity (Wildman–Crippen MR) is 94.3 cm³/mol. The van der Waals surface area contributed by atoms with Gasteiger partial charge in [-0.1, -0.05) is 12.1 Å². The Labute approximate surface area is 148 Å². The molecule has 1 rings (SSSR count). The summed E-state index contributed by atoms with van der Waals surface area (Å²) in [6.07, 6.45) is -0.873. The Morgan fingerprint density at radius 2 is 1.80 bits per heavy atom. The first-order valence-corrected chi connectivity index (χ1v) is 8.07. The van der Waals surface area contributed by atoms with Gasteiger partial charge in [0.2, 0.25) is 6.04 Å². The first-order valence-electron chi connectivity index (χ1n) is 8.07. The van der Waals surface area contributed by atoms with Crippen molar-refractivity contribution in [2.45, 2.75) is 53.2 Å². The Hall–Kier alpha value is -2.57. The van der Waals surface area contributed by atoms with Crippen molar-refractivity contribution in [3.63, 3.8) is 0 Å². The maximum Gasteiger partial charge on any atom is 0.408 e. The van der Waals surface area contributed by atoms with Gasteiger partial charge in [0.15, 0.2) is 0 Å². The van der Waals surface area contributed by atoms with Crippen LogP contribution in [0, 0.1) is 13.8 Å². The fourth-order valence-corrected chi connectivity index (χ4v) is 1.96. The average Bonchev–Trinajstić information content (AvgIpc) is 2.46. The van der Waals surface area contributed by atoms with Crippen LogP contribution in [0.15, 0.2) is 18.2 Å². The molecule has 0 spiro atoms. The lowest BCUT2D eigenvalue weighted by atomic mass is 10.1. The fourth-order valence-electron chi connectivity index (χ4n) is 1.96. The molecule has 0 heterocycles. The van der Waals surface area contributed by atoms with Crippen molar-refractivity contribution in [3.05, 3.63) is 29.3 Å². The molecule has 1 aromatic rings. The molecular weight excluding hydrogens is 324 g/mol. The number of esters is 1. The van der Waals surface area contributed by atoms with Crippen LogP contribution < -0.4 is 10.6 Å². The van der Waals surface area contributed by atoms with Crippen molar-refractivity contribution in [1.29, 1.82) is 0 Å². The van der Waals surface area contributed by atoms with Gasteiger partial charge in [-0.2, -0.15) is 0 Å². The minimum Gasteiger partial charge on any atom is -0.464 e. The minimum atomic E-state index is -1.50. The van der Waals surface area contributed by atoms with Crippen molar-refractivity contribution in [2.75, 3.05) is 11.9 Å². The Morgan fingerprint density at radius 3 is 2.36 bits per heavy atom. The molecule has 0 saturated heterocycles. The molecule has 0 fully saturated rings. The Balaban J connectivity index is 2.94. The highest BCUT2D eigenvalue weighted by Crippen LogP contribution is 2.17.